The van der Waals surface area contributed by atoms with E-state index in [9.17, 15) is 13.2 Å². The molecular weight excluding hydrogens is 294 g/mol. The van der Waals surface area contributed by atoms with Crippen LogP contribution in [0.3, 0.4) is 0 Å². The van der Waals surface area contributed by atoms with Gasteiger partial charge in [-0.05, 0) is 25.0 Å². The summed E-state index contributed by atoms with van der Waals surface area (Å²) in [5.41, 5.74) is 0.590. The summed E-state index contributed by atoms with van der Waals surface area (Å²) in [6, 6.07) is 3.23. The number of esters is 1. The van der Waals surface area contributed by atoms with Crippen molar-refractivity contribution >= 4 is 21.5 Å². The maximum Gasteiger partial charge on any atom is 0.341 e. The minimum absolute atomic E-state index is 0.170. The van der Waals surface area contributed by atoms with E-state index in [0.717, 1.165) is 6.42 Å². The van der Waals surface area contributed by atoms with Crippen LogP contribution in [-0.2, 0) is 14.6 Å². The molecule has 3 heterocycles. The van der Waals surface area contributed by atoms with Gasteiger partial charge in [-0.15, -0.1) is 10.2 Å². The third-order valence-corrected chi connectivity index (χ3v) is 5.90. The summed E-state index contributed by atoms with van der Waals surface area (Å²) < 4.78 is 30.7. The second kappa shape index (κ2) is 5.10. The molecule has 0 spiro atoms. The van der Waals surface area contributed by atoms with Gasteiger partial charge >= 0.3 is 5.97 Å². The topological polar surface area (TPSA) is 90.6 Å². The Bertz CT molecular complexity index is 797. The number of ether oxygens (including phenoxy) is 1. The van der Waals surface area contributed by atoms with Crippen molar-refractivity contribution < 1.29 is 17.9 Å². The Hall–Kier alpha value is -1.96. The van der Waals surface area contributed by atoms with Crippen LogP contribution in [0.15, 0.2) is 18.3 Å². The van der Waals surface area contributed by atoms with Crippen LogP contribution in [0, 0.1) is 0 Å². The van der Waals surface area contributed by atoms with Crippen molar-refractivity contribution in [2.45, 2.75) is 24.5 Å². The number of carbonyl (C=O) groups is 1. The molecule has 1 unspecified atom stereocenters. The first-order valence-electron chi connectivity index (χ1n) is 6.68. The molecule has 0 bridgehead atoms. The van der Waals surface area contributed by atoms with Crippen LogP contribution in [0.5, 0.6) is 0 Å². The van der Waals surface area contributed by atoms with Crippen LogP contribution < -0.4 is 0 Å². The lowest BCUT2D eigenvalue weighted by atomic mass is 10.2. The lowest BCUT2D eigenvalue weighted by Gasteiger charge is -2.20. The zero-order valence-electron chi connectivity index (χ0n) is 11.5. The van der Waals surface area contributed by atoms with E-state index in [-0.39, 0.29) is 11.3 Å². The van der Waals surface area contributed by atoms with E-state index in [2.05, 4.69) is 10.2 Å². The predicted octanol–water partition coefficient (Wildman–Crippen LogP) is 1.16. The molecule has 1 atom stereocenters. The highest BCUT2D eigenvalue weighted by atomic mass is 32.2. The van der Waals surface area contributed by atoms with E-state index in [0.29, 0.717) is 24.3 Å². The van der Waals surface area contributed by atoms with Crippen LogP contribution in [0.25, 0.3) is 5.65 Å². The quantitative estimate of drug-likeness (QED) is 0.773. The second-order valence-electron chi connectivity index (χ2n) is 5.02. The highest BCUT2D eigenvalue weighted by Crippen LogP contribution is 2.32. The Morgan fingerprint density at radius 2 is 2.19 bits per heavy atom. The van der Waals surface area contributed by atoms with Gasteiger partial charge in [-0.1, -0.05) is 6.42 Å². The number of hydrogen-bond acceptors (Lipinski definition) is 6. The van der Waals surface area contributed by atoms with Crippen molar-refractivity contribution in [1.29, 1.82) is 0 Å². The van der Waals surface area contributed by atoms with Crippen molar-refractivity contribution in [2.75, 3.05) is 12.9 Å². The van der Waals surface area contributed by atoms with E-state index < -0.39 is 21.1 Å². The SMILES string of the molecule is COC(=O)c1cccn2c(C3CCCCS3(=O)=O)nnc12. The minimum atomic E-state index is -3.22. The first-order valence-corrected chi connectivity index (χ1v) is 8.39. The third-order valence-electron chi connectivity index (χ3n) is 3.73. The normalized spacial score (nSPS) is 21.3. The standard InChI is InChI=1S/C13H15N3O4S/c1-20-13(17)9-5-4-7-16-11(9)14-15-12(16)10-6-2-3-8-21(10,18)19/h4-5,7,10H,2-3,6,8H2,1H3. The molecule has 0 amide bonds. The lowest BCUT2D eigenvalue weighted by molar-refractivity contribution is 0.0602. The Balaban J connectivity index is 2.15. The molecule has 1 saturated heterocycles. The summed E-state index contributed by atoms with van der Waals surface area (Å²) in [5.74, 6) is 0.0185. The number of aromatic nitrogens is 3. The zero-order chi connectivity index (χ0) is 15.0. The number of sulfone groups is 1. The molecular formula is C13H15N3O4S. The van der Waals surface area contributed by atoms with Gasteiger partial charge in [0.25, 0.3) is 0 Å². The second-order valence-corrected chi connectivity index (χ2v) is 7.32. The molecule has 1 aliphatic heterocycles. The largest absolute Gasteiger partial charge is 0.465 e. The van der Waals surface area contributed by atoms with Gasteiger partial charge in [0.2, 0.25) is 0 Å². The van der Waals surface area contributed by atoms with E-state index in [1.54, 1.807) is 22.7 Å². The summed E-state index contributed by atoms with van der Waals surface area (Å²) in [5, 5.41) is 7.34. The van der Waals surface area contributed by atoms with Crippen molar-refractivity contribution in [1.82, 2.24) is 14.6 Å². The molecule has 0 N–H and O–H groups in total. The highest BCUT2D eigenvalue weighted by Gasteiger charge is 2.34. The number of rotatable bonds is 2. The number of pyridine rings is 1. The molecule has 1 fully saturated rings. The molecule has 0 aliphatic carbocycles. The average Bonchev–Trinajstić information content (AvgIpc) is 2.89. The van der Waals surface area contributed by atoms with Gasteiger partial charge in [0.05, 0.1) is 12.9 Å². The molecule has 7 nitrogen and oxygen atoms in total. The smallest absolute Gasteiger partial charge is 0.341 e. The monoisotopic (exact) mass is 309 g/mol. The molecule has 2 aromatic rings. The first kappa shape index (κ1) is 14.0. The molecule has 112 valence electrons. The molecule has 2 aromatic heterocycles. The average molecular weight is 309 g/mol. The molecule has 0 aromatic carbocycles. The predicted molar refractivity (Wildman–Crippen MR) is 74.7 cm³/mol. The van der Waals surface area contributed by atoms with Crippen molar-refractivity contribution in [3.8, 4) is 0 Å². The highest BCUT2D eigenvalue weighted by molar-refractivity contribution is 7.91. The Morgan fingerprint density at radius 3 is 2.90 bits per heavy atom. The summed E-state index contributed by atoms with van der Waals surface area (Å²) in [6.45, 7) is 0. The fourth-order valence-electron chi connectivity index (χ4n) is 2.67. The van der Waals surface area contributed by atoms with Crippen LogP contribution in [-0.4, -0.2) is 41.8 Å². The maximum atomic E-state index is 12.2. The van der Waals surface area contributed by atoms with Crippen LogP contribution in [0.1, 0.15) is 40.7 Å². The molecule has 21 heavy (non-hydrogen) atoms. The van der Waals surface area contributed by atoms with Gasteiger partial charge in [-0.2, -0.15) is 0 Å². The number of carbonyl (C=O) groups excluding carboxylic acids is 1. The number of fused-ring (bicyclic) bond motifs is 1. The molecule has 3 rings (SSSR count). The fourth-order valence-corrected chi connectivity index (χ4v) is 4.57. The molecule has 0 radical (unpaired) electrons. The molecule has 8 heteroatoms. The maximum absolute atomic E-state index is 12.2. The number of hydrogen-bond donors (Lipinski definition) is 0. The number of methoxy groups -OCH3 is 1. The zero-order valence-corrected chi connectivity index (χ0v) is 12.3. The van der Waals surface area contributed by atoms with Gasteiger partial charge in [0.1, 0.15) is 10.8 Å². The first-order chi connectivity index (χ1) is 10.0. The third kappa shape index (κ3) is 2.29. The Morgan fingerprint density at radius 1 is 1.38 bits per heavy atom. The summed E-state index contributed by atoms with van der Waals surface area (Å²) >= 11 is 0. The van der Waals surface area contributed by atoms with Crippen LogP contribution >= 0.6 is 0 Å². The van der Waals surface area contributed by atoms with E-state index in [1.807, 2.05) is 0 Å². The van der Waals surface area contributed by atoms with Crippen molar-refractivity contribution in [3.05, 3.63) is 29.7 Å². The van der Waals surface area contributed by atoms with E-state index >= 15 is 0 Å². The van der Waals surface area contributed by atoms with Crippen LogP contribution in [0.2, 0.25) is 0 Å². The molecule has 0 saturated carbocycles. The van der Waals surface area contributed by atoms with Crippen molar-refractivity contribution in [3.63, 3.8) is 0 Å². The Kier molecular flexibility index (Phi) is 3.40. The molecule has 1 aliphatic rings. The van der Waals surface area contributed by atoms with Gasteiger partial charge in [-0.25, -0.2) is 13.2 Å². The van der Waals surface area contributed by atoms with Gasteiger partial charge in [0.15, 0.2) is 21.3 Å². The summed E-state index contributed by atoms with van der Waals surface area (Å²) in [6.07, 6.45) is 3.73. The van der Waals surface area contributed by atoms with Gasteiger partial charge in [-0.3, -0.25) is 4.40 Å². The minimum Gasteiger partial charge on any atom is -0.465 e. The number of nitrogens with zero attached hydrogens (tertiary/aromatic N) is 3. The van der Waals surface area contributed by atoms with Crippen LogP contribution in [0.4, 0.5) is 0 Å². The summed E-state index contributed by atoms with van der Waals surface area (Å²) in [4.78, 5) is 11.7. The van der Waals surface area contributed by atoms with E-state index in [4.69, 9.17) is 4.74 Å². The lowest BCUT2D eigenvalue weighted by Crippen LogP contribution is -2.23. The fraction of sp³-hybridized carbons (Fsp3) is 0.462. The van der Waals surface area contributed by atoms with Gasteiger partial charge < -0.3 is 4.74 Å². The van der Waals surface area contributed by atoms with Crippen molar-refractivity contribution in [2.24, 2.45) is 0 Å². The Labute approximate surface area is 121 Å². The van der Waals surface area contributed by atoms with Gasteiger partial charge in [0, 0.05) is 6.20 Å². The van der Waals surface area contributed by atoms with E-state index in [1.165, 1.54) is 7.11 Å². The summed E-state index contributed by atoms with van der Waals surface area (Å²) in [7, 11) is -1.93.